The number of hydrogen-bond acceptors (Lipinski definition) is 4. The zero-order chi connectivity index (χ0) is 15.9. The van der Waals surface area contributed by atoms with Crippen LogP contribution >= 0.6 is 0 Å². The van der Waals surface area contributed by atoms with E-state index >= 15 is 0 Å². The summed E-state index contributed by atoms with van der Waals surface area (Å²) >= 11 is 0. The number of methoxy groups -OCH3 is 2. The Bertz CT molecular complexity index is 638. The topological polar surface area (TPSA) is 44.8 Å². The lowest BCUT2D eigenvalue weighted by molar-refractivity contribution is 0.0600. The molecule has 5 heteroatoms. The number of ether oxygens (including phenoxy) is 3. The zero-order valence-electron chi connectivity index (χ0n) is 12.5. The summed E-state index contributed by atoms with van der Waals surface area (Å²) in [6.07, 6.45) is 0. The van der Waals surface area contributed by atoms with E-state index in [-0.39, 0.29) is 5.82 Å². The van der Waals surface area contributed by atoms with E-state index in [0.29, 0.717) is 24.5 Å². The first-order chi connectivity index (χ1) is 10.7. The fraction of sp³-hybridized carbons (Fsp3) is 0.235. The summed E-state index contributed by atoms with van der Waals surface area (Å²) in [6.45, 7) is 0.765. The Hall–Kier alpha value is -2.40. The van der Waals surface area contributed by atoms with Crippen molar-refractivity contribution in [2.75, 3.05) is 27.4 Å². The fourth-order valence-electron chi connectivity index (χ4n) is 1.99. The Morgan fingerprint density at radius 3 is 2.41 bits per heavy atom. The van der Waals surface area contributed by atoms with Crippen molar-refractivity contribution in [2.45, 2.75) is 0 Å². The van der Waals surface area contributed by atoms with E-state index in [2.05, 4.69) is 0 Å². The molecule has 0 aromatic heterocycles. The molecule has 2 aromatic rings. The van der Waals surface area contributed by atoms with Crippen LogP contribution in [0.1, 0.15) is 10.4 Å². The standard InChI is InChI=1S/C17H17FO4/c1-20-9-10-22-16-11-13(17(19)21-2)5-8-15(16)12-3-6-14(18)7-4-12/h3-8,11H,9-10H2,1-2H3. The second-order valence-electron chi connectivity index (χ2n) is 4.55. The van der Waals surface area contributed by atoms with Gasteiger partial charge >= 0.3 is 5.97 Å². The van der Waals surface area contributed by atoms with E-state index in [1.165, 1.54) is 19.2 Å². The van der Waals surface area contributed by atoms with Gasteiger partial charge in [-0.3, -0.25) is 0 Å². The first-order valence-corrected chi connectivity index (χ1v) is 6.75. The van der Waals surface area contributed by atoms with E-state index in [1.54, 1.807) is 37.4 Å². The van der Waals surface area contributed by atoms with Crippen LogP contribution in [0.15, 0.2) is 42.5 Å². The summed E-state index contributed by atoms with van der Waals surface area (Å²) in [4.78, 5) is 11.6. The summed E-state index contributed by atoms with van der Waals surface area (Å²) in [5.74, 6) is -0.231. The van der Waals surface area contributed by atoms with Crippen LogP contribution in [0.25, 0.3) is 11.1 Å². The van der Waals surface area contributed by atoms with Crippen LogP contribution in [0, 0.1) is 5.82 Å². The zero-order valence-corrected chi connectivity index (χ0v) is 12.5. The monoisotopic (exact) mass is 304 g/mol. The van der Waals surface area contributed by atoms with Gasteiger partial charge in [-0.1, -0.05) is 12.1 Å². The summed E-state index contributed by atoms with van der Waals surface area (Å²) < 4.78 is 28.4. The summed E-state index contributed by atoms with van der Waals surface area (Å²) in [5.41, 5.74) is 1.95. The lowest BCUT2D eigenvalue weighted by Crippen LogP contribution is -2.07. The molecule has 0 unspecified atom stereocenters. The second kappa shape index (κ2) is 7.56. The van der Waals surface area contributed by atoms with E-state index in [0.717, 1.165) is 11.1 Å². The van der Waals surface area contributed by atoms with Gasteiger partial charge in [-0.2, -0.15) is 0 Å². The number of hydrogen-bond donors (Lipinski definition) is 0. The maximum atomic E-state index is 13.1. The molecule has 0 heterocycles. The van der Waals surface area contributed by atoms with Gasteiger partial charge in [0.15, 0.2) is 0 Å². The Morgan fingerprint density at radius 1 is 1.05 bits per heavy atom. The average molecular weight is 304 g/mol. The molecule has 0 aliphatic rings. The maximum absolute atomic E-state index is 13.1. The maximum Gasteiger partial charge on any atom is 0.337 e. The van der Waals surface area contributed by atoms with Gasteiger partial charge in [-0.25, -0.2) is 9.18 Å². The third kappa shape index (κ3) is 3.83. The molecule has 4 nitrogen and oxygen atoms in total. The van der Waals surface area contributed by atoms with E-state index < -0.39 is 5.97 Å². The van der Waals surface area contributed by atoms with E-state index in [4.69, 9.17) is 14.2 Å². The minimum Gasteiger partial charge on any atom is -0.491 e. The van der Waals surface area contributed by atoms with Crippen molar-refractivity contribution in [2.24, 2.45) is 0 Å². The van der Waals surface area contributed by atoms with Gasteiger partial charge in [0, 0.05) is 12.7 Å². The highest BCUT2D eigenvalue weighted by molar-refractivity contribution is 5.91. The molecule has 0 bridgehead atoms. The second-order valence-corrected chi connectivity index (χ2v) is 4.55. The highest BCUT2D eigenvalue weighted by Crippen LogP contribution is 2.31. The van der Waals surface area contributed by atoms with Crippen molar-refractivity contribution in [3.8, 4) is 16.9 Å². The molecule has 22 heavy (non-hydrogen) atoms. The molecule has 0 amide bonds. The predicted molar refractivity (Wildman–Crippen MR) is 80.5 cm³/mol. The molecule has 0 spiro atoms. The first kappa shape index (κ1) is 16.0. The number of benzene rings is 2. The van der Waals surface area contributed by atoms with E-state index in [9.17, 15) is 9.18 Å². The minimum atomic E-state index is -0.442. The van der Waals surface area contributed by atoms with Crippen LogP contribution in [0.4, 0.5) is 4.39 Å². The lowest BCUT2D eigenvalue weighted by atomic mass is 10.0. The third-order valence-corrected chi connectivity index (χ3v) is 3.10. The molecule has 0 atom stereocenters. The van der Waals surface area contributed by atoms with Gasteiger partial charge < -0.3 is 14.2 Å². The molecule has 0 radical (unpaired) electrons. The predicted octanol–water partition coefficient (Wildman–Crippen LogP) is 3.30. The van der Waals surface area contributed by atoms with Gasteiger partial charge in [-0.15, -0.1) is 0 Å². The Kier molecular flexibility index (Phi) is 5.49. The quantitative estimate of drug-likeness (QED) is 0.607. The number of halogens is 1. The Labute approximate surface area is 128 Å². The minimum absolute atomic E-state index is 0.309. The fourth-order valence-corrected chi connectivity index (χ4v) is 1.99. The van der Waals surface area contributed by atoms with Crippen molar-refractivity contribution >= 4 is 5.97 Å². The number of esters is 1. The normalized spacial score (nSPS) is 10.3. The molecule has 0 fully saturated rings. The van der Waals surface area contributed by atoms with Crippen LogP contribution in [-0.2, 0) is 9.47 Å². The van der Waals surface area contributed by atoms with Crippen molar-refractivity contribution < 1.29 is 23.4 Å². The highest BCUT2D eigenvalue weighted by atomic mass is 19.1. The van der Waals surface area contributed by atoms with Gasteiger partial charge in [0.2, 0.25) is 0 Å². The molecular formula is C17H17FO4. The van der Waals surface area contributed by atoms with Gasteiger partial charge in [0.1, 0.15) is 18.2 Å². The molecule has 0 saturated heterocycles. The highest BCUT2D eigenvalue weighted by Gasteiger charge is 2.12. The van der Waals surface area contributed by atoms with Crippen molar-refractivity contribution in [3.05, 3.63) is 53.8 Å². The van der Waals surface area contributed by atoms with Crippen molar-refractivity contribution in [1.82, 2.24) is 0 Å². The van der Waals surface area contributed by atoms with Crippen LogP contribution < -0.4 is 4.74 Å². The van der Waals surface area contributed by atoms with Crippen LogP contribution in [0.3, 0.4) is 0 Å². The first-order valence-electron chi connectivity index (χ1n) is 6.75. The molecule has 2 rings (SSSR count). The molecule has 0 aliphatic heterocycles. The van der Waals surface area contributed by atoms with Crippen molar-refractivity contribution in [1.29, 1.82) is 0 Å². The molecule has 0 N–H and O–H groups in total. The summed E-state index contributed by atoms with van der Waals surface area (Å²) in [5, 5.41) is 0. The van der Waals surface area contributed by atoms with Gasteiger partial charge in [0.25, 0.3) is 0 Å². The molecule has 116 valence electrons. The van der Waals surface area contributed by atoms with Crippen LogP contribution in [0.2, 0.25) is 0 Å². The number of rotatable bonds is 6. The molecule has 0 aliphatic carbocycles. The molecule has 0 saturated carbocycles. The summed E-state index contributed by atoms with van der Waals surface area (Å²) in [6, 6.07) is 11.1. The Balaban J connectivity index is 2.38. The van der Waals surface area contributed by atoms with Gasteiger partial charge in [-0.05, 0) is 35.9 Å². The van der Waals surface area contributed by atoms with Crippen LogP contribution in [-0.4, -0.2) is 33.4 Å². The summed E-state index contributed by atoms with van der Waals surface area (Å²) in [7, 11) is 2.90. The Morgan fingerprint density at radius 2 is 1.77 bits per heavy atom. The smallest absolute Gasteiger partial charge is 0.337 e. The largest absolute Gasteiger partial charge is 0.491 e. The molecular weight excluding hydrogens is 287 g/mol. The van der Waals surface area contributed by atoms with E-state index in [1.807, 2.05) is 0 Å². The average Bonchev–Trinajstić information content (AvgIpc) is 2.55. The number of carbonyl (C=O) groups excluding carboxylic acids is 1. The van der Waals surface area contributed by atoms with Crippen molar-refractivity contribution in [3.63, 3.8) is 0 Å². The SMILES string of the molecule is COCCOc1cc(C(=O)OC)ccc1-c1ccc(F)cc1. The molecule has 2 aromatic carbocycles. The third-order valence-electron chi connectivity index (χ3n) is 3.10. The van der Waals surface area contributed by atoms with Crippen LogP contribution in [0.5, 0.6) is 5.75 Å². The lowest BCUT2D eigenvalue weighted by Gasteiger charge is -2.13. The number of carbonyl (C=O) groups is 1. The van der Waals surface area contributed by atoms with Gasteiger partial charge in [0.05, 0.1) is 19.3 Å².